The fourth-order valence-corrected chi connectivity index (χ4v) is 14.6. The average molecular weight is 865 g/mol. The normalized spacial score (nSPS) is 28.9. The number of ether oxygens (including phenoxy) is 6. The lowest BCUT2D eigenvalue weighted by Crippen LogP contribution is -2.47. The summed E-state index contributed by atoms with van der Waals surface area (Å²) >= 11 is 0. The minimum Gasteiger partial charge on any atom is -0.414 e. The van der Waals surface area contributed by atoms with Crippen LogP contribution in [-0.2, 0) is 37.3 Å². The third-order valence-corrected chi connectivity index (χ3v) is 22.3. The van der Waals surface area contributed by atoms with Gasteiger partial charge in [-0.25, -0.2) is 29.9 Å². The smallest absolute Gasteiger partial charge is 0.193 e. The molecule has 60 heavy (non-hydrogen) atoms. The second-order valence-electron chi connectivity index (χ2n) is 17.1. The molecular weight excluding hydrogens is 805 g/mol. The van der Waals surface area contributed by atoms with Gasteiger partial charge in [0.2, 0.25) is 0 Å². The van der Waals surface area contributed by atoms with E-state index in [4.69, 9.17) is 53.7 Å². The molecule has 8 heterocycles. The molecule has 4 fully saturated rings. The number of aromatic nitrogens is 8. The molecule has 4 saturated heterocycles. The summed E-state index contributed by atoms with van der Waals surface area (Å²) in [6.45, 7) is 21.2. The molecular formula is C40H60N10O8Si2. The van der Waals surface area contributed by atoms with E-state index in [1.54, 1.807) is 6.33 Å². The lowest BCUT2D eigenvalue weighted by molar-refractivity contribution is -0.202. The minimum absolute atomic E-state index is 0.215. The maximum Gasteiger partial charge on any atom is 0.193 e. The van der Waals surface area contributed by atoms with E-state index in [0.29, 0.717) is 34.8 Å². The standard InChI is InChI=1S/C40H60N10O8Si2/c1-11-59(12-2,13-3)51-19-24-29-31(56-39(7,8)54-29)38(52-24)50-25(48-27-34(42)44-21-46-36(27)50)18-17-23(58-60(14-4,15-5)16-6)28-30-32(57-40(9,10)55-30)37(53-28)49-22-47-26-33(41)43-20-45-35(26)49/h20-24,28-32,37-38H,11-16,19H2,1-10H3,(H2,41,43,45)(H2,42,44,46)/t23-,24-,28-,29-,30-,31-,32-,37-,38-/m1/s1. The number of imidazole rings is 2. The summed E-state index contributed by atoms with van der Waals surface area (Å²) in [5.41, 5.74) is 14.5. The van der Waals surface area contributed by atoms with Crippen molar-refractivity contribution in [2.45, 2.75) is 172 Å². The molecule has 0 bridgehead atoms. The van der Waals surface area contributed by atoms with Gasteiger partial charge in [0.1, 0.15) is 60.9 Å². The molecule has 0 radical (unpaired) electrons. The molecule has 0 spiro atoms. The third-order valence-electron chi connectivity index (χ3n) is 13.0. The molecule has 0 aromatic carbocycles. The SMILES string of the molecule is CC[Si](CC)(CC)OC[C@H]1O[C@@H](n2c(C#C[C@@H](O[Si](CC)(CC)CC)[C@H]3O[C@@H](n4cnc5c(N)ncnc54)[C@@H]4OC(C)(C)O[C@@H]43)nc3c(N)ncnc32)[C@@H]2OC(C)(C)O[C@@H]21. The summed E-state index contributed by atoms with van der Waals surface area (Å²) in [5.74, 6) is 5.96. The van der Waals surface area contributed by atoms with E-state index in [1.165, 1.54) is 12.7 Å². The Balaban J connectivity index is 1.21. The van der Waals surface area contributed by atoms with Crippen molar-refractivity contribution in [1.29, 1.82) is 0 Å². The highest BCUT2D eigenvalue weighted by Crippen LogP contribution is 2.47. The number of hydrogen-bond donors (Lipinski definition) is 2. The quantitative estimate of drug-likeness (QED) is 0.119. The van der Waals surface area contributed by atoms with Gasteiger partial charge in [0.25, 0.3) is 0 Å². The number of nitrogen functional groups attached to an aromatic ring is 2. The van der Waals surface area contributed by atoms with Crippen LogP contribution < -0.4 is 11.5 Å². The molecule has 0 aliphatic carbocycles. The fourth-order valence-electron chi connectivity index (χ4n) is 9.29. The van der Waals surface area contributed by atoms with Gasteiger partial charge in [-0.05, 0) is 69.9 Å². The molecule has 18 nitrogen and oxygen atoms in total. The minimum atomic E-state index is -2.34. The van der Waals surface area contributed by atoms with E-state index in [0.717, 1.165) is 36.3 Å². The van der Waals surface area contributed by atoms with Crippen LogP contribution in [0, 0.1) is 11.8 Å². The molecule has 9 atom stereocenters. The van der Waals surface area contributed by atoms with Crippen LogP contribution in [0.4, 0.5) is 11.6 Å². The van der Waals surface area contributed by atoms with Crippen LogP contribution in [0.1, 0.15) is 87.5 Å². The van der Waals surface area contributed by atoms with Crippen molar-refractivity contribution in [2.24, 2.45) is 0 Å². The predicted molar refractivity (Wildman–Crippen MR) is 227 cm³/mol. The fraction of sp³-hybridized carbons (Fsp3) is 0.700. The van der Waals surface area contributed by atoms with Gasteiger partial charge in [0.05, 0.1) is 12.9 Å². The summed E-state index contributed by atoms with van der Waals surface area (Å²) in [4.78, 5) is 27.0. The number of rotatable bonds is 14. The highest BCUT2D eigenvalue weighted by molar-refractivity contribution is 6.74. The molecule has 4 aromatic heterocycles. The van der Waals surface area contributed by atoms with Gasteiger partial charge in [-0.2, -0.15) is 0 Å². The molecule has 0 amide bonds. The first-order valence-corrected chi connectivity index (χ1v) is 26.5. The van der Waals surface area contributed by atoms with Crippen LogP contribution in [0.5, 0.6) is 0 Å². The lowest BCUT2D eigenvalue weighted by atomic mass is 10.1. The van der Waals surface area contributed by atoms with Crippen LogP contribution in [-0.4, -0.2) is 117 Å². The van der Waals surface area contributed by atoms with Crippen molar-refractivity contribution in [3.63, 3.8) is 0 Å². The summed E-state index contributed by atoms with van der Waals surface area (Å²) in [6.07, 6.45) is -0.857. The monoisotopic (exact) mass is 864 g/mol. The average Bonchev–Trinajstić information content (AvgIpc) is 4.07. The second-order valence-corrected chi connectivity index (χ2v) is 26.6. The van der Waals surface area contributed by atoms with E-state index in [2.05, 4.69) is 78.3 Å². The maximum absolute atomic E-state index is 7.27. The van der Waals surface area contributed by atoms with Gasteiger partial charge >= 0.3 is 0 Å². The number of nitrogens with two attached hydrogens (primary N) is 2. The third kappa shape index (κ3) is 7.54. The van der Waals surface area contributed by atoms with E-state index >= 15 is 0 Å². The Hall–Kier alpha value is -3.63. The van der Waals surface area contributed by atoms with Crippen LogP contribution in [0.15, 0.2) is 19.0 Å². The van der Waals surface area contributed by atoms with Gasteiger partial charge in [0.15, 0.2) is 74.9 Å². The number of fused-ring (bicyclic) bond motifs is 4. The van der Waals surface area contributed by atoms with Gasteiger partial charge in [-0.1, -0.05) is 47.5 Å². The van der Waals surface area contributed by atoms with Crippen molar-refractivity contribution >= 4 is 50.6 Å². The van der Waals surface area contributed by atoms with Crippen molar-refractivity contribution in [3.8, 4) is 11.8 Å². The van der Waals surface area contributed by atoms with Crippen molar-refractivity contribution in [1.82, 2.24) is 39.0 Å². The Morgan fingerprint density at radius 3 is 1.90 bits per heavy atom. The molecule has 0 unspecified atom stereocenters. The van der Waals surface area contributed by atoms with E-state index in [1.807, 2.05) is 36.8 Å². The molecule has 8 rings (SSSR count). The summed E-state index contributed by atoms with van der Waals surface area (Å²) in [7, 11) is -4.29. The Labute approximate surface area is 353 Å². The van der Waals surface area contributed by atoms with Crippen LogP contribution in [0.25, 0.3) is 22.3 Å². The molecule has 4 aliphatic heterocycles. The highest BCUT2D eigenvalue weighted by atomic mass is 28.4. The molecule has 0 saturated carbocycles. The van der Waals surface area contributed by atoms with Crippen LogP contribution >= 0.6 is 0 Å². The Kier molecular flexibility index (Phi) is 11.7. The van der Waals surface area contributed by atoms with Crippen molar-refractivity contribution in [2.75, 3.05) is 18.1 Å². The van der Waals surface area contributed by atoms with Gasteiger partial charge in [-0.3, -0.25) is 9.13 Å². The molecule has 4 aliphatic rings. The second kappa shape index (κ2) is 16.2. The predicted octanol–water partition coefficient (Wildman–Crippen LogP) is 5.43. The van der Waals surface area contributed by atoms with Crippen molar-refractivity contribution in [3.05, 3.63) is 24.8 Å². The maximum atomic E-state index is 7.27. The lowest BCUT2D eigenvalue weighted by Gasteiger charge is -2.35. The highest BCUT2D eigenvalue weighted by Gasteiger charge is 2.60. The van der Waals surface area contributed by atoms with Crippen molar-refractivity contribution < 1.29 is 37.3 Å². The Morgan fingerprint density at radius 2 is 1.27 bits per heavy atom. The summed E-state index contributed by atoms with van der Waals surface area (Å²) < 4.78 is 57.9. The number of nitrogens with zero attached hydrogens (tertiary/aromatic N) is 8. The van der Waals surface area contributed by atoms with Gasteiger partial charge in [0, 0.05) is 0 Å². The summed E-state index contributed by atoms with van der Waals surface area (Å²) in [6, 6.07) is 5.69. The molecule has 326 valence electrons. The first-order valence-electron chi connectivity index (χ1n) is 21.4. The van der Waals surface area contributed by atoms with E-state index in [-0.39, 0.29) is 11.6 Å². The summed E-state index contributed by atoms with van der Waals surface area (Å²) in [5, 5.41) is 0. The van der Waals surface area contributed by atoms with Crippen LogP contribution in [0.3, 0.4) is 0 Å². The molecule has 20 heteroatoms. The van der Waals surface area contributed by atoms with Gasteiger partial charge in [-0.15, -0.1) is 0 Å². The van der Waals surface area contributed by atoms with Gasteiger partial charge < -0.3 is 48.7 Å². The Morgan fingerprint density at radius 1 is 0.700 bits per heavy atom. The van der Waals surface area contributed by atoms with Crippen LogP contribution in [0.2, 0.25) is 36.3 Å². The first kappa shape index (κ1) is 43.0. The van der Waals surface area contributed by atoms with E-state index in [9.17, 15) is 0 Å². The zero-order valence-electron chi connectivity index (χ0n) is 36.4. The molecule has 4 aromatic rings. The number of anilines is 2. The number of hydrogen-bond acceptors (Lipinski definition) is 16. The topological polar surface area (TPSA) is 213 Å². The van der Waals surface area contributed by atoms with E-state index < -0.39 is 83.4 Å². The first-order chi connectivity index (χ1) is 28.6. The largest absolute Gasteiger partial charge is 0.414 e. The zero-order valence-corrected chi connectivity index (χ0v) is 38.4. The molecule has 4 N–H and O–H groups in total. The zero-order chi connectivity index (χ0) is 42.8. The Bertz CT molecular complexity index is 2240.